The van der Waals surface area contributed by atoms with Crippen molar-refractivity contribution in [3.05, 3.63) is 64.7 Å². The summed E-state index contributed by atoms with van der Waals surface area (Å²) in [6.45, 7) is 2.57. The van der Waals surface area contributed by atoms with Gasteiger partial charge in [-0.2, -0.15) is 0 Å². The fourth-order valence-corrected chi connectivity index (χ4v) is 6.19. The van der Waals surface area contributed by atoms with Crippen LogP contribution in [0, 0.1) is 12.8 Å². The van der Waals surface area contributed by atoms with E-state index in [1.54, 1.807) is 12.1 Å². The van der Waals surface area contributed by atoms with Gasteiger partial charge in [0.1, 0.15) is 5.01 Å². The van der Waals surface area contributed by atoms with Crippen LogP contribution in [0.15, 0.2) is 48.5 Å². The third-order valence-electron chi connectivity index (χ3n) is 5.56. The minimum absolute atomic E-state index is 0.0191. The highest BCUT2D eigenvalue weighted by Gasteiger charge is 2.31. The summed E-state index contributed by atoms with van der Waals surface area (Å²) in [6, 6.07) is 14.7. The fourth-order valence-electron chi connectivity index (χ4n) is 3.65. The molecule has 7 nitrogen and oxygen atoms in total. The number of aryl methyl sites for hydroxylation is 1. The largest absolute Gasteiger partial charge is 0.300 e. The normalized spacial score (nSPS) is 15.6. The van der Waals surface area contributed by atoms with Gasteiger partial charge in [0, 0.05) is 29.6 Å². The number of sulfonamides is 1. The van der Waals surface area contributed by atoms with E-state index in [0.717, 1.165) is 16.7 Å². The first-order chi connectivity index (χ1) is 15.3. The molecular formula is C22H23ClN4O3S2. The molecule has 1 amide bonds. The zero-order valence-electron chi connectivity index (χ0n) is 17.5. The van der Waals surface area contributed by atoms with E-state index in [4.69, 9.17) is 11.6 Å². The van der Waals surface area contributed by atoms with Gasteiger partial charge in [-0.1, -0.05) is 59.3 Å². The predicted molar refractivity (Wildman–Crippen MR) is 127 cm³/mol. The second kappa shape index (κ2) is 9.66. The number of piperidine rings is 1. The van der Waals surface area contributed by atoms with Gasteiger partial charge in [-0.15, -0.1) is 10.2 Å². The van der Waals surface area contributed by atoms with Crippen LogP contribution in [-0.2, 0) is 20.6 Å². The molecule has 0 spiro atoms. The number of aromatic nitrogens is 2. The average Bonchev–Trinajstić information content (AvgIpc) is 3.24. The molecule has 2 heterocycles. The van der Waals surface area contributed by atoms with Gasteiger partial charge in [-0.3, -0.25) is 4.79 Å². The molecule has 32 heavy (non-hydrogen) atoms. The van der Waals surface area contributed by atoms with Gasteiger partial charge >= 0.3 is 0 Å². The van der Waals surface area contributed by atoms with Gasteiger partial charge in [0.25, 0.3) is 0 Å². The summed E-state index contributed by atoms with van der Waals surface area (Å²) < 4.78 is 27.2. The minimum Gasteiger partial charge on any atom is -0.300 e. The van der Waals surface area contributed by atoms with Crippen molar-refractivity contribution in [2.45, 2.75) is 25.5 Å². The quantitative estimate of drug-likeness (QED) is 0.554. The number of nitrogens with one attached hydrogen (secondary N) is 1. The number of anilines is 1. The molecular weight excluding hydrogens is 468 g/mol. The van der Waals surface area contributed by atoms with Gasteiger partial charge in [-0.05, 0) is 43.0 Å². The smallest absolute Gasteiger partial charge is 0.229 e. The van der Waals surface area contributed by atoms with E-state index in [0.29, 0.717) is 41.1 Å². The van der Waals surface area contributed by atoms with E-state index in [1.807, 2.05) is 43.3 Å². The summed E-state index contributed by atoms with van der Waals surface area (Å²) in [6.07, 6.45) is 0.948. The molecule has 1 fully saturated rings. The van der Waals surface area contributed by atoms with Gasteiger partial charge in [0.2, 0.25) is 21.1 Å². The zero-order valence-corrected chi connectivity index (χ0v) is 19.9. The molecule has 0 bridgehead atoms. The maximum atomic E-state index is 12.8. The second-order valence-corrected chi connectivity index (χ2v) is 11.1. The van der Waals surface area contributed by atoms with E-state index in [-0.39, 0.29) is 17.6 Å². The van der Waals surface area contributed by atoms with Crippen LogP contribution in [0.1, 0.15) is 24.0 Å². The highest BCUT2D eigenvalue weighted by molar-refractivity contribution is 7.88. The van der Waals surface area contributed by atoms with Gasteiger partial charge in [-0.25, -0.2) is 12.7 Å². The summed E-state index contributed by atoms with van der Waals surface area (Å²) in [4.78, 5) is 12.7. The lowest BCUT2D eigenvalue weighted by molar-refractivity contribution is -0.120. The molecule has 1 aliphatic rings. The monoisotopic (exact) mass is 490 g/mol. The van der Waals surface area contributed by atoms with Crippen molar-refractivity contribution in [2.24, 2.45) is 5.92 Å². The molecule has 0 atom stereocenters. The molecule has 1 N–H and O–H groups in total. The van der Waals surface area contributed by atoms with Crippen molar-refractivity contribution in [2.75, 3.05) is 18.4 Å². The van der Waals surface area contributed by atoms with Crippen molar-refractivity contribution in [1.82, 2.24) is 14.5 Å². The first-order valence-electron chi connectivity index (χ1n) is 10.2. The van der Waals surface area contributed by atoms with Crippen LogP contribution >= 0.6 is 22.9 Å². The Morgan fingerprint density at radius 2 is 1.81 bits per heavy atom. The predicted octanol–water partition coefficient (Wildman–Crippen LogP) is 4.35. The zero-order chi connectivity index (χ0) is 22.7. The van der Waals surface area contributed by atoms with Gasteiger partial charge in [0.05, 0.1) is 5.75 Å². The Balaban J connectivity index is 1.33. The summed E-state index contributed by atoms with van der Waals surface area (Å²) >= 11 is 7.20. The highest BCUT2D eigenvalue weighted by atomic mass is 35.5. The SMILES string of the molecule is Cc1ccccc1CS(=O)(=O)N1CCC(C(=O)Nc2nnc(-c3ccc(Cl)cc3)s2)CC1. The molecule has 3 aromatic rings. The van der Waals surface area contributed by atoms with E-state index in [2.05, 4.69) is 15.5 Å². The standard InChI is InChI=1S/C22H23ClN4O3S2/c1-15-4-2-3-5-18(15)14-32(29,30)27-12-10-16(11-13-27)20(28)24-22-26-25-21(31-22)17-6-8-19(23)9-7-17/h2-9,16H,10-14H2,1H3,(H,24,26,28). The topological polar surface area (TPSA) is 92.3 Å². The number of amides is 1. The van der Waals surface area contributed by atoms with E-state index >= 15 is 0 Å². The Morgan fingerprint density at radius 1 is 1.12 bits per heavy atom. The van der Waals surface area contributed by atoms with Crippen LogP contribution in [0.2, 0.25) is 5.02 Å². The molecule has 168 valence electrons. The highest BCUT2D eigenvalue weighted by Crippen LogP contribution is 2.29. The molecule has 1 aliphatic heterocycles. The summed E-state index contributed by atoms with van der Waals surface area (Å²) in [5.41, 5.74) is 2.64. The van der Waals surface area contributed by atoms with Crippen molar-refractivity contribution >= 4 is 44.0 Å². The number of benzene rings is 2. The molecule has 4 rings (SSSR count). The molecule has 2 aromatic carbocycles. The molecule has 0 aliphatic carbocycles. The van der Waals surface area contributed by atoms with Crippen LogP contribution < -0.4 is 5.32 Å². The molecule has 0 saturated carbocycles. The maximum absolute atomic E-state index is 12.8. The number of carbonyl (C=O) groups is 1. The fraction of sp³-hybridized carbons (Fsp3) is 0.318. The molecule has 1 saturated heterocycles. The third-order valence-corrected chi connectivity index (χ3v) is 8.53. The van der Waals surface area contributed by atoms with E-state index in [9.17, 15) is 13.2 Å². The molecule has 0 radical (unpaired) electrons. The van der Waals surface area contributed by atoms with Crippen LogP contribution in [0.3, 0.4) is 0 Å². The average molecular weight is 491 g/mol. The molecule has 1 aromatic heterocycles. The van der Waals surface area contributed by atoms with E-state index in [1.165, 1.54) is 15.6 Å². The summed E-state index contributed by atoms with van der Waals surface area (Å²) in [5, 5.41) is 12.8. The van der Waals surface area contributed by atoms with Crippen molar-refractivity contribution in [3.8, 4) is 10.6 Å². The molecule has 0 unspecified atom stereocenters. The summed E-state index contributed by atoms with van der Waals surface area (Å²) in [5.74, 6) is -0.433. The lowest BCUT2D eigenvalue weighted by Crippen LogP contribution is -2.41. The Hall–Kier alpha value is -2.33. The van der Waals surface area contributed by atoms with Crippen LogP contribution in [0.4, 0.5) is 5.13 Å². The third kappa shape index (κ3) is 5.35. The Morgan fingerprint density at radius 3 is 2.50 bits per heavy atom. The van der Waals surface area contributed by atoms with Gasteiger partial charge in [0.15, 0.2) is 0 Å². The van der Waals surface area contributed by atoms with E-state index < -0.39 is 10.0 Å². The Kier molecular flexibility index (Phi) is 6.90. The van der Waals surface area contributed by atoms with Crippen molar-refractivity contribution in [3.63, 3.8) is 0 Å². The lowest BCUT2D eigenvalue weighted by atomic mass is 9.97. The lowest BCUT2D eigenvalue weighted by Gasteiger charge is -2.30. The van der Waals surface area contributed by atoms with Crippen LogP contribution in [0.25, 0.3) is 10.6 Å². The first kappa shape index (κ1) is 22.8. The number of nitrogens with zero attached hydrogens (tertiary/aromatic N) is 3. The summed E-state index contributed by atoms with van der Waals surface area (Å²) in [7, 11) is -3.43. The van der Waals surface area contributed by atoms with Crippen molar-refractivity contribution < 1.29 is 13.2 Å². The minimum atomic E-state index is -3.43. The first-order valence-corrected chi connectivity index (χ1v) is 13.0. The van der Waals surface area contributed by atoms with Crippen molar-refractivity contribution in [1.29, 1.82) is 0 Å². The van der Waals surface area contributed by atoms with Crippen LogP contribution in [-0.4, -0.2) is 41.9 Å². The maximum Gasteiger partial charge on any atom is 0.229 e. The van der Waals surface area contributed by atoms with Gasteiger partial charge < -0.3 is 5.32 Å². The Labute approximate surface area is 196 Å². The number of halogens is 1. The second-order valence-electron chi connectivity index (χ2n) is 7.76. The number of carbonyl (C=O) groups excluding carboxylic acids is 1. The molecule has 10 heteroatoms. The van der Waals surface area contributed by atoms with Crippen LogP contribution in [0.5, 0.6) is 0 Å². The Bertz CT molecular complexity index is 1200. The number of hydrogen-bond acceptors (Lipinski definition) is 6. The number of rotatable bonds is 6. The number of hydrogen-bond donors (Lipinski definition) is 1.